The van der Waals surface area contributed by atoms with Gasteiger partial charge in [-0.2, -0.15) is 0 Å². The van der Waals surface area contributed by atoms with E-state index in [1.165, 1.54) is 11.6 Å². The van der Waals surface area contributed by atoms with Crippen LogP contribution in [0.3, 0.4) is 0 Å². The van der Waals surface area contributed by atoms with Gasteiger partial charge in [0, 0.05) is 23.7 Å². The first-order valence-corrected chi connectivity index (χ1v) is 10.7. The average molecular weight is 424 g/mol. The molecule has 154 valence electrons. The molecule has 0 unspecified atom stereocenters. The second-order valence-corrected chi connectivity index (χ2v) is 8.55. The number of hydrogen-bond acceptors (Lipinski definition) is 3. The molecule has 0 radical (unpaired) electrons. The summed E-state index contributed by atoms with van der Waals surface area (Å²) in [5.41, 5.74) is 3.88. The van der Waals surface area contributed by atoms with Crippen molar-refractivity contribution in [3.63, 3.8) is 0 Å². The number of aromatic amines is 1. The number of nitrogens with one attached hydrogen (secondary N) is 1. The first-order chi connectivity index (χ1) is 14.6. The number of methoxy groups -OCH3 is 1. The number of halogens is 2. The number of aromatic nitrogens is 3. The molecule has 5 rings (SSSR count). The molecule has 2 aromatic heterocycles. The van der Waals surface area contributed by atoms with Crippen LogP contribution in [0.1, 0.15) is 49.1 Å². The van der Waals surface area contributed by atoms with Gasteiger partial charge in [-0.3, -0.25) is 4.98 Å². The van der Waals surface area contributed by atoms with Crippen molar-refractivity contribution in [2.24, 2.45) is 5.92 Å². The lowest BCUT2D eigenvalue weighted by Crippen LogP contribution is -2.22. The van der Waals surface area contributed by atoms with Crippen molar-refractivity contribution in [2.75, 3.05) is 7.11 Å². The molecule has 4 aromatic rings. The molecule has 4 nitrogen and oxygen atoms in total. The number of ether oxygens (including phenoxy) is 1. The topological polar surface area (TPSA) is 50.8 Å². The highest BCUT2D eigenvalue weighted by Crippen LogP contribution is 2.43. The molecule has 1 atom stereocenters. The van der Waals surface area contributed by atoms with E-state index in [0.29, 0.717) is 16.9 Å². The van der Waals surface area contributed by atoms with Gasteiger partial charge >= 0.3 is 0 Å². The van der Waals surface area contributed by atoms with Gasteiger partial charge in [-0.25, -0.2) is 9.37 Å². The van der Waals surface area contributed by atoms with Gasteiger partial charge in [0.15, 0.2) is 0 Å². The summed E-state index contributed by atoms with van der Waals surface area (Å²) >= 11 is 6.10. The van der Waals surface area contributed by atoms with E-state index in [-0.39, 0.29) is 11.9 Å². The predicted molar refractivity (Wildman–Crippen MR) is 117 cm³/mol. The summed E-state index contributed by atoms with van der Waals surface area (Å²) in [4.78, 5) is 12.5. The van der Waals surface area contributed by atoms with Crippen molar-refractivity contribution in [2.45, 2.75) is 37.7 Å². The third kappa shape index (κ3) is 3.57. The van der Waals surface area contributed by atoms with Crippen LogP contribution in [0.25, 0.3) is 21.9 Å². The molecule has 2 aromatic carbocycles. The number of pyridine rings is 1. The number of hydrogen-bond donors (Lipinski definition) is 1. The van der Waals surface area contributed by atoms with E-state index in [9.17, 15) is 4.39 Å². The van der Waals surface area contributed by atoms with Crippen LogP contribution in [-0.4, -0.2) is 22.1 Å². The van der Waals surface area contributed by atoms with Crippen molar-refractivity contribution in [1.82, 2.24) is 15.0 Å². The Kier molecular flexibility index (Phi) is 5.17. The quantitative estimate of drug-likeness (QED) is 0.404. The van der Waals surface area contributed by atoms with Crippen molar-refractivity contribution >= 4 is 33.5 Å². The molecule has 1 saturated carbocycles. The minimum absolute atomic E-state index is 0.0799. The lowest BCUT2D eigenvalue weighted by molar-refractivity contribution is 0.0274. The molecule has 0 aliphatic heterocycles. The zero-order valence-electron chi connectivity index (χ0n) is 16.7. The first-order valence-electron chi connectivity index (χ1n) is 10.3. The van der Waals surface area contributed by atoms with Gasteiger partial charge in [0.2, 0.25) is 0 Å². The largest absolute Gasteiger partial charge is 0.373 e. The standard InChI is InChI=1S/C24H23ClFN3O/c1-30-23(24-28-21-8-6-16(25)12-22(21)29-24)15-4-2-14(3-5-15)18-10-11-27-20-9-7-17(26)13-19(18)20/h6-15,23H,2-5H2,1H3,(H,28,29)/t14-,15+,23-/m1/s1. The van der Waals surface area contributed by atoms with Crippen LogP contribution in [0.15, 0.2) is 48.7 Å². The summed E-state index contributed by atoms with van der Waals surface area (Å²) in [6, 6.07) is 12.6. The highest BCUT2D eigenvalue weighted by Gasteiger charge is 2.31. The fourth-order valence-electron chi connectivity index (χ4n) is 4.89. The number of fused-ring (bicyclic) bond motifs is 2. The van der Waals surface area contributed by atoms with E-state index >= 15 is 0 Å². The Hall–Kier alpha value is -2.50. The van der Waals surface area contributed by atoms with Crippen LogP contribution in [0, 0.1) is 11.7 Å². The molecular weight excluding hydrogens is 401 g/mol. The monoisotopic (exact) mass is 423 g/mol. The minimum Gasteiger partial charge on any atom is -0.373 e. The zero-order valence-corrected chi connectivity index (χ0v) is 17.5. The van der Waals surface area contributed by atoms with Crippen LogP contribution < -0.4 is 0 Å². The minimum atomic E-state index is -0.213. The third-order valence-electron chi connectivity index (χ3n) is 6.36. The highest BCUT2D eigenvalue weighted by atomic mass is 35.5. The number of nitrogens with zero attached hydrogens (tertiary/aromatic N) is 2. The molecule has 0 amide bonds. The molecule has 1 N–H and O–H groups in total. The van der Waals surface area contributed by atoms with Crippen molar-refractivity contribution < 1.29 is 9.13 Å². The van der Waals surface area contributed by atoms with E-state index in [1.54, 1.807) is 19.2 Å². The molecule has 30 heavy (non-hydrogen) atoms. The van der Waals surface area contributed by atoms with Crippen molar-refractivity contribution in [1.29, 1.82) is 0 Å². The summed E-state index contributed by atoms with van der Waals surface area (Å²) in [6.45, 7) is 0. The van der Waals surface area contributed by atoms with Crippen LogP contribution in [0.4, 0.5) is 4.39 Å². The van der Waals surface area contributed by atoms with Gasteiger partial charge in [-0.05, 0) is 85.5 Å². The Morgan fingerprint density at radius 3 is 2.70 bits per heavy atom. The first kappa shape index (κ1) is 19.5. The molecule has 1 aliphatic carbocycles. The van der Waals surface area contributed by atoms with E-state index in [2.05, 4.69) is 9.97 Å². The van der Waals surface area contributed by atoms with Gasteiger partial charge in [-0.1, -0.05) is 11.6 Å². The maximum atomic E-state index is 13.8. The summed E-state index contributed by atoms with van der Waals surface area (Å²) in [7, 11) is 1.75. The fourth-order valence-corrected chi connectivity index (χ4v) is 5.06. The van der Waals surface area contributed by atoms with Crippen LogP contribution in [-0.2, 0) is 4.74 Å². The molecule has 0 saturated heterocycles. The Labute approximate surface area is 179 Å². The van der Waals surface area contributed by atoms with Crippen molar-refractivity contribution in [3.8, 4) is 0 Å². The van der Waals surface area contributed by atoms with E-state index in [1.807, 2.05) is 30.5 Å². The third-order valence-corrected chi connectivity index (χ3v) is 6.60. The fraction of sp³-hybridized carbons (Fsp3) is 0.333. The van der Waals surface area contributed by atoms with Gasteiger partial charge in [0.05, 0.1) is 16.6 Å². The lowest BCUT2D eigenvalue weighted by atomic mass is 9.76. The summed E-state index contributed by atoms with van der Waals surface area (Å²) < 4.78 is 19.7. The normalized spacial score (nSPS) is 20.6. The van der Waals surface area contributed by atoms with E-state index in [4.69, 9.17) is 21.3 Å². The Morgan fingerprint density at radius 2 is 1.90 bits per heavy atom. The maximum absolute atomic E-state index is 13.8. The van der Waals surface area contributed by atoms with Gasteiger partial charge in [0.1, 0.15) is 17.7 Å². The van der Waals surface area contributed by atoms with E-state index < -0.39 is 0 Å². The zero-order chi connectivity index (χ0) is 20.7. The lowest BCUT2D eigenvalue weighted by Gasteiger charge is -2.33. The second-order valence-electron chi connectivity index (χ2n) is 8.11. The SMILES string of the molecule is CO[C@@H](c1nc2cc(Cl)ccc2[nH]1)[C@H]1CC[C@@H](c2ccnc3ccc(F)cc32)CC1. The summed E-state index contributed by atoms with van der Waals surface area (Å²) in [5.74, 6) is 1.43. The molecule has 0 spiro atoms. The smallest absolute Gasteiger partial charge is 0.136 e. The number of imidazole rings is 1. The van der Waals surface area contributed by atoms with Crippen molar-refractivity contribution in [3.05, 3.63) is 70.9 Å². The Morgan fingerprint density at radius 1 is 1.07 bits per heavy atom. The molecule has 6 heteroatoms. The maximum Gasteiger partial charge on any atom is 0.136 e. The molecule has 0 bridgehead atoms. The van der Waals surface area contributed by atoms with Gasteiger partial charge in [0.25, 0.3) is 0 Å². The van der Waals surface area contributed by atoms with Crippen LogP contribution in [0.2, 0.25) is 5.02 Å². The van der Waals surface area contributed by atoms with Crippen LogP contribution in [0.5, 0.6) is 0 Å². The Balaban J connectivity index is 1.36. The highest BCUT2D eigenvalue weighted by molar-refractivity contribution is 6.31. The van der Waals surface area contributed by atoms with Gasteiger partial charge < -0.3 is 9.72 Å². The molecule has 2 heterocycles. The average Bonchev–Trinajstić information content (AvgIpc) is 3.17. The Bertz CT molecular complexity index is 1200. The van der Waals surface area contributed by atoms with Gasteiger partial charge in [-0.15, -0.1) is 0 Å². The molecule has 1 fully saturated rings. The van der Waals surface area contributed by atoms with Crippen LogP contribution >= 0.6 is 11.6 Å². The predicted octanol–water partition coefficient (Wildman–Crippen LogP) is 6.57. The summed E-state index contributed by atoms with van der Waals surface area (Å²) in [6.07, 6.45) is 5.88. The summed E-state index contributed by atoms with van der Waals surface area (Å²) in [5, 5.41) is 1.61. The second kappa shape index (κ2) is 7.97. The van der Waals surface area contributed by atoms with E-state index in [0.717, 1.165) is 53.4 Å². The number of H-pyrrole nitrogens is 1. The molecule has 1 aliphatic rings. The molecular formula is C24H23ClFN3O. The number of rotatable bonds is 4. The number of benzene rings is 2.